The van der Waals surface area contributed by atoms with Crippen LogP contribution in [0.1, 0.15) is 23.0 Å². The number of nitrogens with two attached hydrogens (primary N) is 1. The molecule has 1 aromatic heterocycles. The van der Waals surface area contributed by atoms with Gasteiger partial charge in [-0.15, -0.1) is 0 Å². The first-order valence-corrected chi connectivity index (χ1v) is 9.16. The van der Waals surface area contributed by atoms with Crippen LogP contribution in [0.4, 0.5) is 10.1 Å². The van der Waals surface area contributed by atoms with Gasteiger partial charge in [-0.2, -0.15) is 0 Å². The second-order valence-electron chi connectivity index (χ2n) is 5.72. The summed E-state index contributed by atoms with van der Waals surface area (Å²) in [6, 6.07) is 8.05. The molecular formula is C17H16FN3O4S. The van der Waals surface area contributed by atoms with E-state index in [0.717, 1.165) is 23.0 Å². The molecule has 0 aliphatic rings. The van der Waals surface area contributed by atoms with Gasteiger partial charge in [-0.05, 0) is 36.1 Å². The number of hydrogen-bond acceptors (Lipinski definition) is 4. The lowest BCUT2D eigenvalue weighted by molar-refractivity contribution is 0.0997. The zero-order valence-corrected chi connectivity index (χ0v) is 14.5. The summed E-state index contributed by atoms with van der Waals surface area (Å²) in [4.78, 5) is 13.6. The number of carbonyl (C=O) groups excluding carboxylic acids is 1. The van der Waals surface area contributed by atoms with Crippen LogP contribution < -0.4 is 10.5 Å². The average molecular weight is 377 g/mol. The topological polar surface area (TPSA) is 125 Å². The first kappa shape index (κ1) is 17.7. The minimum absolute atomic E-state index is 0.218. The number of benzene rings is 2. The Balaban J connectivity index is 2.01. The zero-order chi connectivity index (χ0) is 19.1. The van der Waals surface area contributed by atoms with Gasteiger partial charge in [0.05, 0.1) is 11.3 Å². The van der Waals surface area contributed by atoms with Crippen LogP contribution in [0.2, 0.25) is 0 Å². The van der Waals surface area contributed by atoms with E-state index in [1.807, 2.05) is 13.0 Å². The summed E-state index contributed by atoms with van der Waals surface area (Å²) in [5.74, 6) is -3.00. The monoisotopic (exact) mass is 377 g/mol. The van der Waals surface area contributed by atoms with Crippen LogP contribution in [-0.4, -0.2) is 24.4 Å². The van der Waals surface area contributed by atoms with E-state index in [4.69, 9.17) is 5.73 Å². The van der Waals surface area contributed by atoms with Gasteiger partial charge >= 0.3 is 0 Å². The lowest BCUT2D eigenvalue weighted by Crippen LogP contribution is -2.17. The van der Waals surface area contributed by atoms with Gasteiger partial charge in [0.2, 0.25) is 0 Å². The van der Waals surface area contributed by atoms with E-state index in [-0.39, 0.29) is 5.69 Å². The largest absolute Gasteiger partial charge is 0.507 e. The van der Waals surface area contributed by atoms with Crippen molar-refractivity contribution < 1.29 is 22.7 Å². The van der Waals surface area contributed by atoms with E-state index >= 15 is 0 Å². The zero-order valence-electron chi connectivity index (χ0n) is 13.7. The van der Waals surface area contributed by atoms with E-state index in [1.165, 1.54) is 0 Å². The highest BCUT2D eigenvalue weighted by Crippen LogP contribution is 2.27. The van der Waals surface area contributed by atoms with Gasteiger partial charge in [0.1, 0.15) is 16.5 Å². The predicted octanol–water partition coefficient (Wildman–Crippen LogP) is 2.47. The summed E-state index contributed by atoms with van der Waals surface area (Å²) in [6.45, 7) is 1.98. The summed E-state index contributed by atoms with van der Waals surface area (Å²) in [6.07, 6.45) is 0.796. The average Bonchev–Trinajstić information content (AvgIpc) is 2.96. The molecule has 9 heteroatoms. The lowest BCUT2D eigenvalue weighted by Gasteiger charge is -2.11. The predicted molar refractivity (Wildman–Crippen MR) is 95.1 cm³/mol. The number of aryl methyl sites for hydroxylation is 1. The first-order valence-electron chi connectivity index (χ1n) is 7.68. The van der Waals surface area contributed by atoms with Crippen LogP contribution in [0.25, 0.3) is 10.9 Å². The maximum absolute atomic E-state index is 14.1. The van der Waals surface area contributed by atoms with Gasteiger partial charge in [0, 0.05) is 17.3 Å². The maximum Gasteiger partial charge on any atom is 0.264 e. The minimum atomic E-state index is -4.34. The van der Waals surface area contributed by atoms with Gasteiger partial charge in [-0.25, -0.2) is 12.8 Å². The molecule has 26 heavy (non-hydrogen) atoms. The molecule has 0 atom stereocenters. The van der Waals surface area contributed by atoms with Crippen molar-refractivity contribution in [2.45, 2.75) is 18.2 Å². The number of halogens is 1. The number of aromatic hydroxyl groups is 1. The van der Waals surface area contributed by atoms with E-state index in [0.29, 0.717) is 12.1 Å². The van der Waals surface area contributed by atoms with Gasteiger partial charge in [0.25, 0.3) is 15.9 Å². The number of H-pyrrole nitrogens is 1. The number of nitrogens with one attached hydrogen (secondary N) is 2. The van der Waals surface area contributed by atoms with E-state index < -0.39 is 38.0 Å². The lowest BCUT2D eigenvalue weighted by atomic mass is 10.2. The SMILES string of the molecule is CCc1cc2ccc(NS(=O)(=O)c3cc(C(N)=O)c(O)cc3F)cc2[nH]1. The van der Waals surface area contributed by atoms with E-state index in [1.54, 1.807) is 18.2 Å². The van der Waals surface area contributed by atoms with Crippen LogP contribution in [0.15, 0.2) is 41.3 Å². The molecule has 1 amide bonds. The molecule has 0 spiro atoms. The summed E-state index contributed by atoms with van der Waals surface area (Å²) < 4.78 is 41.3. The molecule has 0 aliphatic carbocycles. The van der Waals surface area contributed by atoms with E-state index in [9.17, 15) is 22.7 Å². The summed E-state index contributed by atoms with van der Waals surface area (Å²) in [5, 5.41) is 10.4. The Morgan fingerprint density at radius 3 is 2.65 bits per heavy atom. The quantitative estimate of drug-likeness (QED) is 0.545. The number of phenols is 1. The Morgan fingerprint density at radius 2 is 2.00 bits per heavy atom. The van der Waals surface area contributed by atoms with Gasteiger partial charge < -0.3 is 15.8 Å². The van der Waals surface area contributed by atoms with Crippen LogP contribution in [0.3, 0.4) is 0 Å². The number of aromatic amines is 1. The van der Waals surface area contributed by atoms with Crippen molar-refractivity contribution in [3.8, 4) is 5.75 Å². The fourth-order valence-corrected chi connectivity index (χ4v) is 3.73. The molecule has 0 radical (unpaired) electrons. The smallest absolute Gasteiger partial charge is 0.264 e. The first-order chi connectivity index (χ1) is 12.2. The molecule has 0 unspecified atom stereocenters. The van der Waals surface area contributed by atoms with Gasteiger partial charge in [-0.3, -0.25) is 9.52 Å². The van der Waals surface area contributed by atoms with Crippen LogP contribution in [-0.2, 0) is 16.4 Å². The highest BCUT2D eigenvalue weighted by molar-refractivity contribution is 7.92. The van der Waals surface area contributed by atoms with E-state index in [2.05, 4.69) is 9.71 Å². The molecule has 0 bridgehead atoms. The Bertz CT molecular complexity index is 1120. The number of aromatic nitrogens is 1. The van der Waals surface area contributed by atoms with Crippen molar-refractivity contribution in [1.29, 1.82) is 0 Å². The normalized spacial score (nSPS) is 11.6. The van der Waals surface area contributed by atoms with Crippen molar-refractivity contribution in [3.05, 3.63) is 53.5 Å². The van der Waals surface area contributed by atoms with Gasteiger partial charge in [0.15, 0.2) is 0 Å². The number of hydrogen-bond donors (Lipinski definition) is 4. The van der Waals surface area contributed by atoms with Crippen LogP contribution in [0.5, 0.6) is 5.75 Å². The third-order valence-corrected chi connectivity index (χ3v) is 5.31. The number of fused-ring (bicyclic) bond motifs is 1. The molecule has 3 rings (SSSR count). The standard InChI is InChI=1S/C17H16FN3O4S/c1-2-10-5-9-3-4-11(6-14(9)20-10)21-26(24,25)16-7-12(17(19)23)15(22)8-13(16)18/h3-8,20-22H,2H2,1H3,(H2,19,23). The molecule has 1 heterocycles. The Hall–Kier alpha value is -3.07. The molecule has 0 aliphatic heterocycles. The second-order valence-corrected chi connectivity index (χ2v) is 7.37. The number of primary amides is 1. The van der Waals surface area contributed by atoms with Gasteiger partial charge in [-0.1, -0.05) is 13.0 Å². The summed E-state index contributed by atoms with van der Waals surface area (Å²) >= 11 is 0. The molecule has 5 N–H and O–H groups in total. The van der Waals surface area contributed by atoms with Crippen molar-refractivity contribution in [1.82, 2.24) is 4.98 Å². The molecule has 3 aromatic rings. The molecule has 7 nitrogen and oxygen atoms in total. The molecule has 136 valence electrons. The molecule has 0 saturated carbocycles. The van der Waals surface area contributed by atoms with Crippen molar-refractivity contribution in [3.63, 3.8) is 0 Å². The maximum atomic E-state index is 14.1. The second kappa shape index (κ2) is 6.34. The van der Waals surface area contributed by atoms with Crippen LogP contribution >= 0.6 is 0 Å². The fraction of sp³-hybridized carbons (Fsp3) is 0.118. The third kappa shape index (κ3) is 3.21. The number of amides is 1. The number of sulfonamides is 1. The molecule has 2 aromatic carbocycles. The summed E-state index contributed by atoms with van der Waals surface area (Å²) in [7, 11) is -4.34. The van der Waals surface area contributed by atoms with Crippen molar-refractivity contribution in [2.75, 3.05) is 4.72 Å². The fourth-order valence-electron chi connectivity index (χ4n) is 2.60. The third-order valence-electron chi connectivity index (χ3n) is 3.92. The van der Waals surface area contributed by atoms with Crippen molar-refractivity contribution >= 4 is 32.5 Å². The Kier molecular flexibility index (Phi) is 4.33. The number of rotatable bonds is 5. The molecule has 0 saturated heterocycles. The van der Waals surface area contributed by atoms with Crippen LogP contribution in [0, 0.1) is 5.82 Å². The number of anilines is 1. The van der Waals surface area contributed by atoms with Crippen molar-refractivity contribution in [2.24, 2.45) is 5.73 Å². The highest BCUT2D eigenvalue weighted by Gasteiger charge is 2.23. The molecule has 0 fully saturated rings. The Morgan fingerprint density at radius 1 is 1.27 bits per heavy atom. The Labute approximate surface area is 148 Å². The summed E-state index contributed by atoms with van der Waals surface area (Å²) in [5.41, 5.74) is 6.52. The highest BCUT2D eigenvalue weighted by atomic mass is 32.2. The number of carbonyl (C=O) groups is 1. The minimum Gasteiger partial charge on any atom is -0.507 e. The molecular weight excluding hydrogens is 361 g/mol.